The zero-order valence-electron chi connectivity index (χ0n) is 15.2. The Morgan fingerprint density at radius 2 is 1.88 bits per heavy atom. The molecule has 0 radical (unpaired) electrons. The highest BCUT2D eigenvalue weighted by Crippen LogP contribution is 2.50. The molecule has 1 saturated heterocycles. The van der Waals surface area contributed by atoms with Gasteiger partial charge in [0.25, 0.3) is 0 Å². The van der Waals surface area contributed by atoms with Crippen LogP contribution >= 0.6 is 15.9 Å². The molecule has 1 N–H and O–H groups in total. The first-order valence-corrected chi connectivity index (χ1v) is 10.4. The van der Waals surface area contributed by atoms with Gasteiger partial charge in [-0.25, -0.2) is 0 Å². The smallest absolute Gasteiger partial charge is 0.237 e. The van der Waals surface area contributed by atoms with Crippen molar-refractivity contribution in [1.82, 2.24) is 15.1 Å². The van der Waals surface area contributed by atoms with Crippen molar-refractivity contribution in [3.8, 4) is 0 Å². The molecule has 1 atom stereocenters. The summed E-state index contributed by atoms with van der Waals surface area (Å²) in [5.74, 6) is 0.380. The normalized spacial score (nSPS) is 23.4. The Labute approximate surface area is 163 Å². The summed E-state index contributed by atoms with van der Waals surface area (Å²) in [5, 5.41) is 3.08. The molecule has 2 amide bonds. The first-order valence-electron chi connectivity index (χ1n) is 9.59. The highest BCUT2D eigenvalue weighted by molar-refractivity contribution is 9.10. The van der Waals surface area contributed by atoms with Gasteiger partial charge in [0.05, 0.1) is 11.5 Å². The SMILES string of the molecule is CC(C(=O)NC1CC1)N1CCN(C(=O)C2(c3cccc(Br)c3)CC2)CC1. The molecule has 1 heterocycles. The van der Waals surface area contributed by atoms with E-state index >= 15 is 0 Å². The maximum absolute atomic E-state index is 13.2. The lowest BCUT2D eigenvalue weighted by molar-refractivity contribution is -0.136. The molecule has 3 fully saturated rings. The Kier molecular flexibility index (Phi) is 4.82. The number of nitrogens with zero attached hydrogens (tertiary/aromatic N) is 2. The minimum absolute atomic E-state index is 0.118. The molecule has 26 heavy (non-hydrogen) atoms. The van der Waals surface area contributed by atoms with Gasteiger partial charge in [0, 0.05) is 36.7 Å². The number of hydrogen-bond donors (Lipinski definition) is 1. The van der Waals surface area contributed by atoms with Crippen LogP contribution in [0.3, 0.4) is 0 Å². The van der Waals surface area contributed by atoms with E-state index in [1.54, 1.807) is 0 Å². The summed E-state index contributed by atoms with van der Waals surface area (Å²) in [7, 11) is 0. The van der Waals surface area contributed by atoms with Crippen LogP contribution in [0, 0.1) is 0 Å². The van der Waals surface area contributed by atoms with Crippen molar-refractivity contribution in [3.05, 3.63) is 34.3 Å². The van der Waals surface area contributed by atoms with Crippen LogP contribution in [-0.2, 0) is 15.0 Å². The van der Waals surface area contributed by atoms with E-state index < -0.39 is 0 Å². The van der Waals surface area contributed by atoms with Gasteiger partial charge in [-0.05, 0) is 50.3 Å². The largest absolute Gasteiger partial charge is 0.352 e. The van der Waals surface area contributed by atoms with Crippen LogP contribution in [0.1, 0.15) is 38.2 Å². The predicted molar refractivity (Wildman–Crippen MR) is 104 cm³/mol. The van der Waals surface area contributed by atoms with Crippen molar-refractivity contribution in [2.24, 2.45) is 0 Å². The lowest BCUT2D eigenvalue weighted by Gasteiger charge is -2.39. The van der Waals surface area contributed by atoms with Crippen LogP contribution < -0.4 is 5.32 Å². The summed E-state index contributed by atoms with van der Waals surface area (Å²) >= 11 is 3.52. The molecular weight excluding hydrogens is 394 g/mol. The van der Waals surface area contributed by atoms with Crippen molar-refractivity contribution in [1.29, 1.82) is 0 Å². The number of carbonyl (C=O) groups is 2. The molecule has 0 bridgehead atoms. The third-order valence-electron chi connectivity index (χ3n) is 5.99. The summed E-state index contributed by atoms with van der Waals surface area (Å²) in [6, 6.07) is 8.42. The fraction of sp³-hybridized carbons (Fsp3) is 0.600. The van der Waals surface area contributed by atoms with E-state index in [-0.39, 0.29) is 23.3 Å². The molecule has 6 heteroatoms. The number of halogens is 1. The molecule has 0 spiro atoms. The highest BCUT2D eigenvalue weighted by Gasteiger charge is 2.53. The quantitative estimate of drug-likeness (QED) is 0.796. The van der Waals surface area contributed by atoms with Gasteiger partial charge < -0.3 is 10.2 Å². The second kappa shape index (κ2) is 6.97. The zero-order valence-corrected chi connectivity index (χ0v) is 16.8. The lowest BCUT2D eigenvalue weighted by Crippen LogP contribution is -2.56. The fourth-order valence-electron chi connectivity index (χ4n) is 3.87. The van der Waals surface area contributed by atoms with Crippen molar-refractivity contribution in [3.63, 3.8) is 0 Å². The van der Waals surface area contributed by atoms with Crippen LogP contribution in [0.5, 0.6) is 0 Å². The van der Waals surface area contributed by atoms with Gasteiger partial charge in [-0.2, -0.15) is 0 Å². The number of carbonyl (C=O) groups excluding carboxylic acids is 2. The molecule has 5 nitrogen and oxygen atoms in total. The molecule has 3 aliphatic rings. The maximum Gasteiger partial charge on any atom is 0.237 e. The minimum atomic E-state index is -0.319. The summed E-state index contributed by atoms with van der Waals surface area (Å²) in [4.78, 5) is 29.6. The molecule has 1 aromatic carbocycles. The number of nitrogens with one attached hydrogen (secondary N) is 1. The van der Waals surface area contributed by atoms with E-state index in [0.717, 1.165) is 48.8 Å². The average molecular weight is 420 g/mol. The van der Waals surface area contributed by atoms with Crippen molar-refractivity contribution >= 4 is 27.7 Å². The molecule has 2 aliphatic carbocycles. The lowest BCUT2D eigenvalue weighted by atomic mass is 9.94. The van der Waals surface area contributed by atoms with Gasteiger partial charge in [-0.15, -0.1) is 0 Å². The molecule has 0 aromatic heterocycles. The summed E-state index contributed by atoms with van der Waals surface area (Å²) < 4.78 is 1.02. The Bertz CT molecular complexity index is 707. The van der Waals surface area contributed by atoms with Gasteiger partial charge in [-0.1, -0.05) is 28.1 Å². The van der Waals surface area contributed by atoms with Crippen molar-refractivity contribution in [2.45, 2.75) is 50.1 Å². The van der Waals surface area contributed by atoms with Gasteiger partial charge in [0.1, 0.15) is 0 Å². The summed E-state index contributed by atoms with van der Waals surface area (Å²) in [5.41, 5.74) is 0.803. The third-order valence-corrected chi connectivity index (χ3v) is 6.48. The van der Waals surface area contributed by atoms with Crippen molar-refractivity contribution < 1.29 is 9.59 Å². The minimum Gasteiger partial charge on any atom is -0.352 e. The number of amides is 2. The molecule has 2 saturated carbocycles. The summed E-state index contributed by atoms with van der Waals surface area (Å²) in [6.07, 6.45) is 4.09. The number of piperazine rings is 1. The van der Waals surface area contributed by atoms with Crippen LogP contribution in [0.15, 0.2) is 28.7 Å². The number of hydrogen-bond acceptors (Lipinski definition) is 3. The molecule has 1 unspecified atom stereocenters. The molecule has 1 aromatic rings. The Balaban J connectivity index is 1.35. The number of rotatable bonds is 5. The van der Waals surface area contributed by atoms with Gasteiger partial charge in [-0.3, -0.25) is 14.5 Å². The van der Waals surface area contributed by atoms with Gasteiger partial charge in [0.2, 0.25) is 11.8 Å². The Hall–Kier alpha value is -1.40. The Morgan fingerprint density at radius 3 is 2.46 bits per heavy atom. The van der Waals surface area contributed by atoms with Gasteiger partial charge in [0.15, 0.2) is 0 Å². The van der Waals surface area contributed by atoms with Gasteiger partial charge >= 0.3 is 0 Å². The van der Waals surface area contributed by atoms with Crippen LogP contribution in [0.25, 0.3) is 0 Å². The number of benzene rings is 1. The highest BCUT2D eigenvalue weighted by atomic mass is 79.9. The monoisotopic (exact) mass is 419 g/mol. The van der Waals surface area contributed by atoms with E-state index in [0.29, 0.717) is 19.1 Å². The second-order valence-corrected chi connectivity index (χ2v) is 8.80. The maximum atomic E-state index is 13.2. The predicted octanol–water partition coefficient (Wildman–Crippen LogP) is 2.29. The van der Waals surface area contributed by atoms with E-state index in [4.69, 9.17) is 0 Å². The van der Waals surface area contributed by atoms with E-state index in [1.807, 2.05) is 24.0 Å². The fourth-order valence-corrected chi connectivity index (χ4v) is 4.27. The molecule has 4 rings (SSSR count). The second-order valence-electron chi connectivity index (χ2n) is 7.88. The van der Waals surface area contributed by atoms with Crippen LogP contribution in [0.4, 0.5) is 0 Å². The van der Waals surface area contributed by atoms with E-state index in [2.05, 4.69) is 38.3 Å². The standard InChI is InChI=1S/C20H26BrN3O2/c1-14(18(25)22-17-5-6-17)23-9-11-24(12-10-23)19(26)20(7-8-20)15-3-2-4-16(21)13-15/h2-4,13-14,17H,5-12H2,1H3,(H,22,25). The average Bonchev–Trinajstić information content (AvgIpc) is 3.55. The molecular formula is C20H26BrN3O2. The zero-order chi connectivity index (χ0) is 18.3. The molecule has 140 valence electrons. The third kappa shape index (κ3) is 3.54. The molecule has 1 aliphatic heterocycles. The van der Waals surface area contributed by atoms with Crippen LogP contribution in [0.2, 0.25) is 0 Å². The topological polar surface area (TPSA) is 52.7 Å². The van der Waals surface area contributed by atoms with E-state index in [1.165, 1.54) is 0 Å². The van der Waals surface area contributed by atoms with E-state index in [9.17, 15) is 9.59 Å². The summed E-state index contributed by atoms with van der Waals surface area (Å²) in [6.45, 7) is 4.91. The Morgan fingerprint density at radius 1 is 1.19 bits per heavy atom. The first kappa shape index (κ1) is 18.0. The first-order chi connectivity index (χ1) is 12.5. The van der Waals surface area contributed by atoms with Crippen molar-refractivity contribution in [2.75, 3.05) is 26.2 Å². The van der Waals surface area contributed by atoms with Crippen LogP contribution in [-0.4, -0.2) is 59.9 Å².